The molecule has 1 saturated carbocycles. The van der Waals surface area contributed by atoms with Crippen molar-refractivity contribution in [1.82, 2.24) is 0 Å². The summed E-state index contributed by atoms with van der Waals surface area (Å²) in [7, 11) is 0. The third-order valence-corrected chi connectivity index (χ3v) is 7.41. The van der Waals surface area contributed by atoms with E-state index in [2.05, 4.69) is 18.7 Å². The second-order valence-electron chi connectivity index (χ2n) is 7.68. The molecule has 2 saturated heterocycles. The summed E-state index contributed by atoms with van der Waals surface area (Å²) in [5.41, 5.74) is 6.97. The van der Waals surface area contributed by atoms with Gasteiger partial charge in [-0.25, -0.2) is 0 Å². The van der Waals surface area contributed by atoms with E-state index in [-0.39, 0.29) is 5.60 Å². The van der Waals surface area contributed by atoms with Crippen LogP contribution in [0.25, 0.3) is 0 Å². The summed E-state index contributed by atoms with van der Waals surface area (Å²) in [4.78, 5) is 0. The normalized spacial score (nSPS) is 38.3. The second-order valence-corrected chi connectivity index (χ2v) is 8.90. The highest BCUT2D eigenvalue weighted by atomic mass is 32.2. The highest BCUT2D eigenvalue weighted by Gasteiger charge is 2.42. The molecule has 2 heterocycles. The van der Waals surface area contributed by atoms with Crippen molar-refractivity contribution in [1.29, 1.82) is 0 Å². The highest BCUT2D eigenvalue weighted by molar-refractivity contribution is 7.99. The maximum atomic E-state index is 6.77. The predicted molar refractivity (Wildman–Crippen MR) is 91.7 cm³/mol. The summed E-state index contributed by atoms with van der Waals surface area (Å²) in [6.45, 7) is 3.30. The summed E-state index contributed by atoms with van der Waals surface area (Å²) in [6.07, 6.45) is 11.9. The molecule has 2 nitrogen and oxygen atoms in total. The number of thioether (sulfide) groups is 1. The molecular formula is C18H33NOS. The molecule has 2 N–H and O–H groups in total. The Morgan fingerprint density at radius 1 is 1.19 bits per heavy atom. The molecule has 3 heteroatoms. The first-order valence-electron chi connectivity index (χ1n) is 9.20. The standard InChI is InChI=1S/C18H33NOS/c1-2-14-4-3-5-15(12-14)17(19)16-6-9-20-18(13-16)7-10-21-11-8-18/h14-17H,2-13,19H2,1H3. The van der Waals surface area contributed by atoms with Gasteiger partial charge in [-0.3, -0.25) is 0 Å². The number of hydrogen-bond donors (Lipinski definition) is 1. The molecule has 2 aliphatic heterocycles. The van der Waals surface area contributed by atoms with Crippen LogP contribution in [0, 0.1) is 17.8 Å². The van der Waals surface area contributed by atoms with Crippen molar-refractivity contribution in [2.45, 2.75) is 76.4 Å². The molecule has 1 aliphatic carbocycles. The van der Waals surface area contributed by atoms with Gasteiger partial charge in [0.25, 0.3) is 0 Å². The summed E-state index contributed by atoms with van der Waals surface area (Å²) < 4.78 is 6.25. The SMILES string of the molecule is CCC1CCCC(C(N)C2CCOC3(CCSCC3)C2)C1. The lowest BCUT2D eigenvalue weighted by Crippen LogP contribution is -2.49. The largest absolute Gasteiger partial charge is 0.375 e. The minimum atomic E-state index is 0.199. The van der Waals surface area contributed by atoms with E-state index in [1.807, 2.05) is 0 Å². The number of rotatable bonds is 3. The van der Waals surface area contributed by atoms with Gasteiger partial charge in [0, 0.05) is 12.6 Å². The average molecular weight is 312 g/mol. The molecule has 4 unspecified atom stereocenters. The lowest BCUT2D eigenvalue weighted by atomic mass is 9.70. The van der Waals surface area contributed by atoms with Crippen LogP contribution in [0.4, 0.5) is 0 Å². The quantitative estimate of drug-likeness (QED) is 0.847. The molecule has 4 atom stereocenters. The van der Waals surface area contributed by atoms with Gasteiger partial charge in [-0.05, 0) is 67.8 Å². The first kappa shape index (κ1) is 16.1. The van der Waals surface area contributed by atoms with Crippen LogP contribution in [-0.2, 0) is 4.74 Å². The maximum absolute atomic E-state index is 6.77. The smallest absolute Gasteiger partial charge is 0.0701 e. The van der Waals surface area contributed by atoms with Crippen molar-refractivity contribution >= 4 is 11.8 Å². The minimum Gasteiger partial charge on any atom is -0.375 e. The fourth-order valence-corrected chi connectivity index (χ4v) is 6.16. The van der Waals surface area contributed by atoms with Gasteiger partial charge in [0.2, 0.25) is 0 Å². The summed E-state index contributed by atoms with van der Waals surface area (Å²) in [5, 5.41) is 0. The van der Waals surface area contributed by atoms with Crippen molar-refractivity contribution in [3.05, 3.63) is 0 Å². The van der Waals surface area contributed by atoms with Crippen LogP contribution in [0.2, 0.25) is 0 Å². The Kier molecular flexibility index (Phi) is 5.55. The molecular weight excluding hydrogens is 278 g/mol. The van der Waals surface area contributed by atoms with E-state index in [4.69, 9.17) is 10.5 Å². The van der Waals surface area contributed by atoms with E-state index >= 15 is 0 Å². The number of ether oxygens (including phenoxy) is 1. The highest BCUT2D eigenvalue weighted by Crippen LogP contribution is 2.43. The van der Waals surface area contributed by atoms with E-state index < -0.39 is 0 Å². The van der Waals surface area contributed by atoms with Crippen molar-refractivity contribution in [2.75, 3.05) is 18.1 Å². The van der Waals surface area contributed by atoms with Crippen LogP contribution in [0.5, 0.6) is 0 Å². The number of nitrogens with two attached hydrogens (primary N) is 1. The summed E-state index contributed by atoms with van der Waals surface area (Å²) >= 11 is 2.09. The first-order chi connectivity index (χ1) is 10.2. The Labute approximate surface area is 135 Å². The van der Waals surface area contributed by atoms with Crippen LogP contribution in [0.1, 0.15) is 64.7 Å². The van der Waals surface area contributed by atoms with Crippen LogP contribution in [-0.4, -0.2) is 29.8 Å². The fraction of sp³-hybridized carbons (Fsp3) is 1.00. The first-order valence-corrected chi connectivity index (χ1v) is 10.4. The summed E-state index contributed by atoms with van der Waals surface area (Å²) in [5.74, 6) is 4.99. The molecule has 0 aromatic heterocycles. The Balaban J connectivity index is 1.59. The topological polar surface area (TPSA) is 35.2 Å². The van der Waals surface area contributed by atoms with Gasteiger partial charge >= 0.3 is 0 Å². The maximum Gasteiger partial charge on any atom is 0.0701 e. The molecule has 3 fully saturated rings. The molecule has 0 aromatic rings. The van der Waals surface area contributed by atoms with Gasteiger partial charge in [-0.1, -0.05) is 26.2 Å². The van der Waals surface area contributed by atoms with Gasteiger partial charge in [0.05, 0.1) is 5.60 Å². The van der Waals surface area contributed by atoms with E-state index in [9.17, 15) is 0 Å². The molecule has 3 rings (SSSR count). The zero-order valence-electron chi connectivity index (χ0n) is 13.7. The second kappa shape index (κ2) is 7.23. The van der Waals surface area contributed by atoms with E-state index in [0.717, 1.165) is 18.4 Å². The fourth-order valence-electron chi connectivity index (χ4n) is 4.92. The zero-order valence-corrected chi connectivity index (χ0v) is 14.5. The molecule has 3 aliphatic rings. The van der Waals surface area contributed by atoms with Gasteiger partial charge in [0.15, 0.2) is 0 Å². The lowest BCUT2D eigenvalue weighted by Gasteiger charge is -2.46. The van der Waals surface area contributed by atoms with Gasteiger partial charge < -0.3 is 10.5 Å². The van der Waals surface area contributed by atoms with Crippen molar-refractivity contribution < 1.29 is 4.74 Å². The lowest BCUT2D eigenvalue weighted by molar-refractivity contribution is -0.109. The summed E-state index contributed by atoms with van der Waals surface area (Å²) in [6, 6.07) is 0.426. The molecule has 21 heavy (non-hydrogen) atoms. The van der Waals surface area contributed by atoms with E-state index in [1.54, 1.807) is 0 Å². The molecule has 0 radical (unpaired) electrons. The third-order valence-electron chi connectivity index (χ3n) is 6.42. The Hall–Kier alpha value is 0.270. The van der Waals surface area contributed by atoms with E-state index in [0.29, 0.717) is 12.0 Å². The van der Waals surface area contributed by atoms with E-state index in [1.165, 1.54) is 69.3 Å². The third kappa shape index (κ3) is 3.79. The molecule has 0 amide bonds. The Morgan fingerprint density at radius 2 is 2.00 bits per heavy atom. The van der Waals surface area contributed by atoms with Crippen LogP contribution >= 0.6 is 11.8 Å². The van der Waals surface area contributed by atoms with Gasteiger partial charge in [-0.2, -0.15) is 11.8 Å². The predicted octanol–water partition coefficient (Wildman–Crippen LogP) is 4.22. The average Bonchev–Trinajstić information content (AvgIpc) is 2.55. The molecule has 0 aromatic carbocycles. The monoisotopic (exact) mass is 311 g/mol. The van der Waals surface area contributed by atoms with Crippen LogP contribution in [0.15, 0.2) is 0 Å². The number of hydrogen-bond acceptors (Lipinski definition) is 3. The van der Waals surface area contributed by atoms with Crippen molar-refractivity contribution in [3.8, 4) is 0 Å². The zero-order chi connectivity index (χ0) is 14.7. The van der Waals surface area contributed by atoms with Crippen molar-refractivity contribution in [2.24, 2.45) is 23.5 Å². The Bertz CT molecular complexity index is 324. The van der Waals surface area contributed by atoms with Crippen LogP contribution < -0.4 is 5.73 Å². The van der Waals surface area contributed by atoms with Crippen LogP contribution in [0.3, 0.4) is 0 Å². The van der Waals surface area contributed by atoms with Crippen molar-refractivity contribution in [3.63, 3.8) is 0 Å². The Morgan fingerprint density at radius 3 is 2.76 bits per heavy atom. The minimum absolute atomic E-state index is 0.199. The molecule has 0 bridgehead atoms. The van der Waals surface area contributed by atoms with Gasteiger partial charge in [0.1, 0.15) is 0 Å². The molecule has 1 spiro atoms. The van der Waals surface area contributed by atoms with Gasteiger partial charge in [-0.15, -0.1) is 0 Å². The molecule has 122 valence electrons.